The Labute approximate surface area is 173 Å². The van der Waals surface area contributed by atoms with Gasteiger partial charge in [0.25, 0.3) is 0 Å². The first-order valence-corrected chi connectivity index (χ1v) is 9.93. The minimum absolute atomic E-state index is 0.521. The number of rotatable bonds is 10. The molecule has 0 saturated carbocycles. The molecule has 0 aromatic heterocycles. The van der Waals surface area contributed by atoms with Crippen molar-refractivity contribution in [2.75, 3.05) is 13.2 Å². The number of aliphatic hydroxyl groups excluding tert-OH is 2. The second-order valence-corrected chi connectivity index (χ2v) is 7.24. The topological polar surface area (TPSA) is 77.4 Å². The molecule has 0 aliphatic carbocycles. The lowest BCUT2D eigenvalue weighted by molar-refractivity contribution is -0.00241. The molecule has 6 nitrogen and oxygen atoms in total. The molecule has 0 saturated heterocycles. The summed E-state index contributed by atoms with van der Waals surface area (Å²) in [5, 5.41) is 19.6. The van der Waals surface area contributed by atoms with E-state index >= 15 is 0 Å². The summed E-state index contributed by atoms with van der Waals surface area (Å²) in [6.07, 6.45) is -1.95. The standard InChI is InChI=1S/C23H32O6/c1-7-26-17-9-11-19(21(13-17)28-15(3)24)23(5,6)20-12-10-18(27-8-2)14-22(20)29-16(4)25/h9-16,24-25H,7-8H2,1-6H3. The van der Waals surface area contributed by atoms with Crippen molar-refractivity contribution < 1.29 is 29.2 Å². The van der Waals surface area contributed by atoms with Crippen LogP contribution in [0.15, 0.2) is 36.4 Å². The van der Waals surface area contributed by atoms with Gasteiger partial charge in [-0.2, -0.15) is 0 Å². The third-order valence-corrected chi connectivity index (χ3v) is 4.47. The molecule has 0 radical (unpaired) electrons. The van der Waals surface area contributed by atoms with E-state index in [1.54, 1.807) is 26.0 Å². The van der Waals surface area contributed by atoms with Crippen molar-refractivity contribution in [3.8, 4) is 23.0 Å². The van der Waals surface area contributed by atoms with E-state index in [1.165, 1.54) is 0 Å². The zero-order valence-corrected chi connectivity index (χ0v) is 18.1. The van der Waals surface area contributed by atoms with Gasteiger partial charge in [0, 0.05) is 28.7 Å². The maximum atomic E-state index is 9.82. The fraction of sp³-hybridized carbons (Fsp3) is 0.478. The Morgan fingerprint density at radius 1 is 0.759 bits per heavy atom. The lowest BCUT2D eigenvalue weighted by Gasteiger charge is -2.31. The van der Waals surface area contributed by atoms with Crippen LogP contribution in [0.4, 0.5) is 0 Å². The van der Waals surface area contributed by atoms with E-state index in [-0.39, 0.29) is 0 Å². The highest BCUT2D eigenvalue weighted by Gasteiger charge is 2.31. The van der Waals surface area contributed by atoms with E-state index in [0.29, 0.717) is 36.2 Å². The van der Waals surface area contributed by atoms with Crippen LogP contribution in [0.2, 0.25) is 0 Å². The number of aliphatic hydroxyl groups is 2. The van der Waals surface area contributed by atoms with Crippen molar-refractivity contribution in [2.24, 2.45) is 0 Å². The van der Waals surface area contributed by atoms with Crippen molar-refractivity contribution in [1.82, 2.24) is 0 Å². The number of hydrogen-bond acceptors (Lipinski definition) is 6. The molecule has 2 atom stereocenters. The number of benzene rings is 2. The van der Waals surface area contributed by atoms with Crippen LogP contribution in [-0.2, 0) is 5.41 Å². The van der Waals surface area contributed by atoms with Gasteiger partial charge in [0.2, 0.25) is 0 Å². The van der Waals surface area contributed by atoms with Gasteiger partial charge in [0.1, 0.15) is 23.0 Å². The molecule has 0 amide bonds. The largest absolute Gasteiger partial charge is 0.494 e. The monoisotopic (exact) mass is 404 g/mol. The molecule has 0 bridgehead atoms. The Morgan fingerprint density at radius 3 is 1.45 bits per heavy atom. The van der Waals surface area contributed by atoms with E-state index in [1.807, 2.05) is 52.0 Å². The van der Waals surface area contributed by atoms with E-state index < -0.39 is 18.0 Å². The Morgan fingerprint density at radius 2 is 1.14 bits per heavy atom. The van der Waals surface area contributed by atoms with Crippen molar-refractivity contribution in [3.63, 3.8) is 0 Å². The van der Waals surface area contributed by atoms with Gasteiger partial charge < -0.3 is 29.2 Å². The number of hydrogen-bond donors (Lipinski definition) is 2. The molecule has 160 valence electrons. The molecule has 2 rings (SSSR count). The Balaban J connectivity index is 2.58. The average Bonchev–Trinajstić information content (AvgIpc) is 2.61. The molecule has 6 heteroatoms. The van der Waals surface area contributed by atoms with Crippen LogP contribution in [0.25, 0.3) is 0 Å². The van der Waals surface area contributed by atoms with Gasteiger partial charge in [-0.05, 0) is 39.8 Å². The summed E-state index contributed by atoms with van der Waals surface area (Å²) in [5.74, 6) is 2.37. The van der Waals surface area contributed by atoms with Crippen LogP contribution in [-0.4, -0.2) is 36.0 Å². The zero-order chi connectivity index (χ0) is 21.6. The molecule has 0 heterocycles. The molecule has 0 spiro atoms. The van der Waals surface area contributed by atoms with Gasteiger partial charge in [-0.25, -0.2) is 0 Å². The fourth-order valence-electron chi connectivity index (χ4n) is 3.26. The highest BCUT2D eigenvalue weighted by Crippen LogP contribution is 2.44. The second kappa shape index (κ2) is 9.85. The molecule has 29 heavy (non-hydrogen) atoms. The van der Waals surface area contributed by atoms with Gasteiger partial charge >= 0.3 is 0 Å². The fourth-order valence-corrected chi connectivity index (χ4v) is 3.26. The first-order valence-electron chi connectivity index (χ1n) is 9.93. The van der Waals surface area contributed by atoms with Crippen LogP contribution >= 0.6 is 0 Å². The molecule has 0 aliphatic rings. The van der Waals surface area contributed by atoms with Crippen LogP contribution in [0.1, 0.15) is 52.7 Å². The summed E-state index contributed by atoms with van der Waals surface area (Å²) in [6, 6.07) is 11.1. The summed E-state index contributed by atoms with van der Waals surface area (Å²) in [7, 11) is 0. The highest BCUT2D eigenvalue weighted by atomic mass is 16.6. The van der Waals surface area contributed by atoms with Crippen LogP contribution in [0.5, 0.6) is 23.0 Å². The highest BCUT2D eigenvalue weighted by molar-refractivity contribution is 5.54. The minimum Gasteiger partial charge on any atom is -0.494 e. The smallest absolute Gasteiger partial charge is 0.194 e. The predicted octanol–water partition coefficient (Wildman–Crippen LogP) is 4.24. The second-order valence-electron chi connectivity index (χ2n) is 7.24. The quantitative estimate of drug-likeness (QED) is 0.577. The molecular formula is C23H32O6. The van der Waals surface area contributed by atoms with E-state index in [0.717, 1.165) is 11.1 Å². The van der Waals surface area contributed by atoms with Crippen LogP contribution < -0.4 is 18.9 Å². The maximum absolute atomic E-state index is 9.82. The summed E-state index contributed by atoms with van der Waals surface area (Å²) in [5.41, 5.74) is 1.13. The van der Waals surface area contributed by atoms with Gasteiger partial charge in [-0.15, -0.1) is 0 Å². The van der Waals surface area contributed by atoms with Gasteiger partial charge in [-0.3, -0.25) is 0 Å². The molecule has 2 unspecified atom stereocenters. The zero-order valence-electron chi connectivity index (χ0n) is 18.1. The van der Waals surface area contributed by atoms with E-state index in [4.69, 9.17) is 18.9 Å². The third kappa shape index (κ3) is 5.78. The van der Waals surface area contributed by atoms with Crippen LogP contribution in [0.3, 0.4) is 0 Å². The van der Waals surface area contributed by atoms with E-state index in [9.17, 15) is 10.2 Å². The predicted molar refractivity (Wildman–Crippen MR) is 112 cm³/mol. The molecule has 2 aromatic carbocycles. The first kappa shape index (κ1) is 22.8. The van der Waals surface area contributed by atoms with Crippen molar-refractivity contribution in [3.05, 3.63) is 47.5 Å². The van der Waals surface area contributed by atoms with E-state index in [2.05, 4.69) is 0 Å². The summed E-state index contributed by atoms with van der Waals surface area (Å²) >= 11 is 0. The number of ether oxygens (including phenoxy) is 4. The van der Waals surface area contributed by atoms with Crippen molar-refractivity contribution in [1.29, 1.82) is 0 Å². The Hall–Kier alpha value is -2.44. The molecule has 0 fully saturated rings. The molecular weight excluding hydrogens is 372 g/mol. The first-order chi connectivity index (χ1) is 13.7. The minimum atomic E-state index is -0.977. The Bertz CT molecular complexity index is 732. The summed E-state index contributed by atoms with van der Waals surface area (Å²) in [6.45, 7) is 12.1. The average molecular weight is 405 g/mol. The Kier molecular flexibility index (Phi) is 7.76. The molecule has 2 aromatic rings. The summed E-state index contributed by atoms with van der Waals surface area (Å²) < 4.78 is 22.5. The maximum Gasteiger partial charge on any atom is 0.194 e. The normalized spacial score (nSPS) is 13.5. The van der Waals surface area contributed by atoms with Gasteiger partial charge in [0.15, 0.2) is 12.6 Å². The molecule has 2 N–H and O–H groups in total. The van der Waals surface area contributed by atoms with Crippen molar-refractivity contribution in [2.45, 2.75) is 59.5 Å². The third-order valence-electron chi connectivity index (χ3n) is 4.47. The lowest BCUT2D eigenvalue weighted by Crippen LogP contribution is -2.24. The lowest BCUT2D eigenvalue weighted by atomic mass is 9.77. The van der Waals surface area contributed by atoms with Gasteiger partial charge in [-0.1, -0.05) is 26.0 Å². The SMILES string of the molecule is CCOc1ccc(C(C)(C)c2ccc(OCC)cc2OC(C)O)c(OC(C)O)c1. The summed E-state index contributed by atoms with van der Waals surface area (Å²) in [4.78, 5) is 0. The van der Waals surface area contributed by atoms with Crippen LogP contribution in [0, 0.1) is 0 Å². The van der Waals surface area contributed by atoms with Crippen molar-refractivity contribution >= 4 is 0 Å². The van der Waals surface area contributed by atoms with Gasteiger partial charge in [0.05, 0.1) is 13.2 Å². The molecule has 0 aliphatic heterocycles.